The first-order valence-corrected chi connectivity index (χ1v) is 10.2. The summed E-state index contributed by atoms with van der Waals surface area (Å²) < 4.78 is 25.5. The molecule has 0 saturated heterocycles. The van der Waals surface area contributed by atoms with Gasteiger partial charge in [-0.25, -0.2) is 4.79 Å². The van der Waals surface area contributed by atoms with Crippen molar-refractivity contribution in [2.45, 2.75) is 26.9 Å². The van der Waals surface area contributed by atoms with Crippen LogP contribution in [0.1, 0.15) is 49.4 Å². The number of hydrogen-bond acceptors (Lipinski definition) is 9. The van der Waals surface area contributed by atoms with Crippen LogP contribution in [-0.2, 0) is 14.3 Å². The number of aromatic amines is 1. The standard InChI is InChI=1S/C23H28N2O9/c1-11-18(23(29)33-7)12(2)25-19(11)20(27)13(3)34-17(26)10-24-22(28)14-8-15(30-4)21(32-6)16(9-14)31-5/h8-9,13,25H,10H2,1-7H3,(H,24,28). The fraction of sp³-hybridized carbons (Fsp3) is 0.391. The van der Waals surface area contributed by atoms with Crippen molar-refractivity contribution in [3.8, 4) is 17.2 Å². The molecular formula is C23H28N2O9. The number of esters is 2. The van der Waals surface area contributed by atoms with Gasteiger partial charge in [-0.3, -0.25) is 14.4 Å². The fourth-order valence-electron chi connectivity index (χ4n) is 3.37. The number of H-pyrrole nitrogens is 1. The van der Waals surface area contributed by atoms with Gasteiger partial charge in [-0.1, -0.05) is 0 Å². The van der Waals surface area contributed by atoms with Gasteiger partial charge in [0.05, 0.1) is 39.7 Å². The van der Waals surface area contributed by atoms with E-state index in [1.54, 1.807) is 13.8 Å². The number of aromatic nitrogens is 1. The minimum Gasteiger partial charge on any atom is -0.493 e. The second kappa shape index (κ2) is 11.2. The van der Waals surface area contributed by atoms with Crippen molar-refractivity contribution >= 4 is 23.6 Å². The highest BCUT2D eigenvalue weighted by molar-refractivity contribution is 6.04. The summed E-state index contributed by atoms with van der Waals surface area (Å²) in [6.07, 6.45) is -1.16. The fourth-order valence-corrected chi connectivity index (χ4v) is 3.37. The Bertz CT molecular complexity index is 1080. The summed E-state index contributed by atoms with van der Waals surface area (Å²) in [5.41, 5.74) is 1.41. The third-order valence-electron chi connectivity index (χ3n) is 5.07. The van der Waals surface area contributed by atoms with E-state index in [4.69, 9.17) is 23.7 Å². The Labute approximate surface area is 196 Å². The second-order valence-electron chi connectivity index (χ2n) is 7.21. The van der Waals surface area contributed by atoms with Crippen LogP contribution in [0.3, 0.4) is 0 Å². The van der Waals surface area contributed by atoms with E-state index in [2.05, 4.69) is 10.3 Å². The smallest absolute Gasteiger partial charge is 0.339 e. The number of carbonyl (C=O) groups excluding carboxylic acids is 4. The number of Topliss-reactive ketones (excluding diaryl/α,β-unsaturated/α-hetero) is 1. The van der Waals surface area contributed by atoms with Gasteiger partial charge in [0.2, 0.25) is 11.5 Å². The van der Waals surface area contributed by atoms with E-state index in [1.165, 1.54) is 47.5 Å². The lowest BCUT2D eigenvalue weighted by atomic mass is 10.1. The molecule has 1 aromatic heterocycles. The molecule has 0 aliphatic rings. The summed E-state index contributed by atoms with van der Waals surface area (Å²) in [5, 5.41) is 2.42. The molecule has 1 unspecified atom stereocenters. The first kappa shape index (κ1) is 26.2. The molecule has 11 nitrogen and oxygen atoms in total. The molecule has 34 heavy (non-hydrogen) atoms. The minimum absolute atomic E-state index is 0.139. The Morgan fingerprint density at radius 3 is 2.06 bits per heavy atom. The number of ether oxygens (including phenoxy) is 5. The highest BCUT2D eigenvalue weighted by atomic mass is 16.5. The molecule has 2 aromatic rings. The molecule has 1 heterocycles. The van der Waals surface area contributed by atoms with Gasteiger partial charge in [0.25, 0.3) is 5.91 Å². The zero-order valence-corrected chi connectivity index (χ0v) is 20.1. The average molecular weight is 476 g/mol. The molecule has 0 spiro atoms. The number of ketones is 1. The van der Waals surface area contributed by atoms with Gasteiger partial charge in [0, 0.05) is 11.3 Å². The first-order chi connectivity index (χ1) is 16.1. The third-order valence-corrected chi connectivity index (χ3v) is 5.07. The number of rotatable bonds is 10. The molecule has 1 atom stereocenters. The van der Waals surface area contributed by atoms with Gasteiger partial charge in [0.1, 0.15) is 6.54 Å². The number of hydrogen-bond donors (Lipinski definition) is 2. The van der Waals surface area contributed by atoms with Crippen LogP contribution in [-0.4, -0.2) is 69.7 Å². The predicted octanol–water partition coefficient (Wildman–Crippen LogP) is 1.99. The monoisotopic (exact) mass is 476 g/mol. The van der Waals surface area contributed by atoms with Crippen molar-refractivity contribution in [3.63, 3.8) is 0 Å². The summed E-state index contributed by atoms with van der Waals surface area (Å²) in [4.78, 5) is 52.3. The summed E-state index contributed by atoms with van der Waals surface area (Å²) in [7, 11) is 5.50. The van der Waals surface area contributed by atoms with Crippen LogP contribution in [0.5, 0.6) is 17.2 Å². The molecule has 0 radical (unpaired) electrons. The van der Waals surface area contributed by atoms with E-state index in [0.717, 1.165) is 0 Å². The van der Waals surface area contributed by atoms with Crippen LogP contribution in [0.2, 0.25) is 0 Å². The summed E-state index contributed by atoms with van der Waals surface area (Å²) in [6, 6.07) is 2.87. The molecule has 2 rings (SSSR count). The highest BCUT2D eigenvalue weighted by Crippen LogP contribution is 2.38. The van der Waals surface area contributed by atoms with Crippen LogP contribution in [0.4, 0.5) is 0 Å². The molecule has 0 aliphatic carbocycles. The topological polar surface area (TPSA) is 142 Å². The Balaban J connectivity index is 2.05. The van der Waals surface area contributed by atoms with Crippen LogP contribution < -0.4 is 19.5 Å². The maximum Gasteiger partial charge on any atom is 0.339 e. The Hall–Kier alpha value is -4.02. The van der Waals surface area contributed by atoms with Gasteiger partial charge in [-0.05, 0) is 38.5 Å². The van der Waals surface area contributed by atoms with E-state index in [9.17, 15) is 19.2 Å². The number of amides is 1. The average Bonchev–Trinajstić information content (AvgIpc) is 3.13. The van der Waals surface area contributed by atoms with Crippen molar-refractivity contribution in [1.82, 2.24) is 10.3 Å². The summed E-state index contributed by atoms with van der Waals surface area (Å²) in [5.74, 6) is -1.65. The molecule has 11 heteroatoms. The zero-order valence-electron chi connectivity index (χ0n) is 20.1. The molecule has 0 saturated carbocycles. The largest absolute Gasteiger partial charge is 0.493 e. The minimum atomic E-state index is -1.16. The zero-order chi connectivity index (χ0) is 25.6. The molecule has 0 fully saturated rings. The molecule has 1 amide bonds. The summed E-state index contributed by atoms with van der Waals surface area (Å²) >= 11 is 0. The van der Waals surface area contributed by atoms with Crippen molar-refractivity contribution in [2.24, 2.45) is 0 Å². The van der Waals surface area contributed by atoms with Gasteiger partial charge in [0.15, 0.2) is 17.6 Å². The van der Waals surface area contributed by atoms with E-state index in [1.807, 2.05) is 0 Å². The van der Waals surface area contributed by atoms with Crippen molar-refractivity contribution in [2.75, 3.05) is 35.0 Å². The van der Waals surface area contributed by atoms with E-state index in [0.29, 0.717) is 17.0 Å². The summed E-state index contributed by atoms with van der Waals surface area (Å²) in [6.45, 7) is 4.14. The lowest BCUT2D eigenvalue weighted by Crippen LogP contribution is -2.34. The van der Waals surface area contributed by atoms with Crippen molar-refractivity contribution in [3.05, 3.63) is 40.2 Å². The highest BCUT2D eigenvalue weighted by Gasteiger charge is 2.27. The Morgan fingerprint density at radius 2 is 1.56 bits per heavy atom. The number of benzene rings is 1. The van der Waals surface area contributed by atoms with Crippen LogP contribution >= 0.6 is 0 Å². The Kier molecular flexibility index (Phi) is 8.65. The molecular weight excluding hydrogens is 448 g/mol. The van der Waals surface area contributed by atoms with Crippen LogP contribution in [0.25, 0.3) is 0 Å². The molecule has 0 aliphatic heterocycles. The SMILES string of the molecule is COC(=O)c1c(C)[nH]c(C(=O)C(C)OC(=O)CNC(=O)c2cc(OC)c(OC)c(OC)c2)c1C. The van der Waals surface area contributed by atoms with E-state index in [-0.39, 0.29) is 28.3 Å². The quantitative estimate of drug-likeness (QED) is 0.389. The predicted molar refractivity (Wildman–Crippen MR) is 120 cm³/mol. The lowest BCUT2D eigenvalue weighted by molar-refractivity contribution is -0.145. The van der Waals surface area contributed by atoms with Gasteiger partial charge in [-0.2, -0.15) is 0 Å². The molecule has 0 bridgehead atoms. The number of methoxy groups -OCH3 is 4. The maximum atomic E-state index is 12.8. The van der Waals surface area contributed by atoms with Crippen molar-refractivity contribution < 1.29 is 42.9 Å². The number of nitrogens with one attached hydrogen (secondary N) is 2. The van der Waals surface area contributed by atoms with Gasteiger partial charge >= 0.3 is 11.9 Å². The molecule has 1 aromatic carbocycles. The van der Waals surface area contributed by atoms with Gasteiger partial charge in [-0.15, -0.1) is 0 Å². The molecule has 2 N–H and O–H groups in total. The third kappa shape index (κ3) is 5.48. The van der Waals surface area contributed by atoms with E-state index >= 15 is 0 Å². The normalized spacial score (nSPS) is 11.3. The van der Waals surface area contributed by atoms with Gasteiger partial charge < -0.3 is 34.0 Å². The Morgan fingerprint density at radius 1 is 0.971 bits per heavy atom. The molecule has 184 valence electrons. The number of aryl methyl sites for hydroxylation is 1. The first-order valence-electron chi connectivity index (χ1n) is 10.2. The van der Waals surface area contributed by atoms with E-state index < -0.39 is 36.3 Å². The van der Waals surface area contributed by atoms with Crippen molar-refractivity contribution in [1.29, 1.82) is 0 Å². The van der Waals surface area contributed by atoms with Crippen LogP contribution in [0, 0.1) is 13.8 Å². The second-order valence-corrected chi connectivity index (χ2v) is 7.21. The van der Waals surface area contributed by atoms with Crippen LogP contribution in [0.15, 0.2) is 12.1 Å². The number of carbonyl (C=O) groups is 4. The lowest BCUT2D eigenvalue weighted by Gasteiger charge is -2.15. The maximum absolute atomic E-state index is 12.8.